The Balaban J connectivity index is 0.000000463. The SMILES string of the molecule is CCCCc1[nH]cc[n+]1-c1c(C)cc(C)cc1C.F[B-](F)(F)F. The second kappa shape index (κ2) is 8.18. The second-order valence-corrected chi connectivity index (χ2v) is 5.62. The predicted molar refractivity (Wildman–Crippen MR) is 85.3 cm³/mol. The minimum Gasteiger partial charge on any atom is -0.418 e. The standard InChI is InChI=1S/C16H22N2.BF4/c1-5-6-7-15-17-8-9-18(15)16-13(3)10-12(2)11-14(16)4;2-1(3,4)5/h8-11H,5-7H2,1-4H3;/q;-1/p+1. The van der Waals surface area contributed by atoms with Gasteiger partial charge in [-0.25, -0.2) is 4.98 Å². The third-order valence-corrected chi connectivity index (χ3v) is 3.41. The van der Waals surface area contributed by atoms with Gasteiger partial charge in [0.05, 0.1) is 0 Å². The molecule has 7 heteroatoms. The van der Waals surface area contributed by atoms with Crippen LogP contribution < -0.4 is 4.57 Å². The fraction of sp³-hybridized carbons (Fsp3) is 0.438. The number of hydrogen-bond donors (Lipinski definition) is 1. The summed E-state index contributed by atoms with van der Waals surface area (Å²) < 4.78 is 41.3. The fourth-order valence-electron chi connectivity index (χ4n) is 2.67. The number of H-pyrrole nitrogens is 1. The van der Waals surface area contributed by atoms with Gasteiger partial charge < -0.3 is 17.3 Å². The quantitative estimate of drug-likeness (QED) is 0.469. The number of nitrogens with zero attached hydrogens (tertiary/aromatic N) is 1. The molecule has 0 saturated carbocycles. The molecule has 0 saturated heterocycles. The molecule has 2 aromatic rings. The lowest BCUT2D eigenvalue weighted by Gasteiger charge is -2.09. The molecule has 0 aliphatic carbocycles. The van der Waals surface area contributed by atoms with Crippen LogP contribution in [0.4, 0.5) is 17.3 Å². The number of hydrogen-bond acceptors (Lipinski definition) is 0. The Morgan fingerprint density at radius 3 is 2.04 bits per heavy atom. The van der Waals surface area contributed by atoms with E-state index in [-0.39, 0.29) is 0 Å². The first kappa shape index (κ1) is 19.3. The number of halogens is 4. The van der Waals surface area contributed by atoms with E-state index >= 15 is 0 Å². The van der Waals surface area contributed by atoms with Crippen LogP contribution in [-0.4, -0.2) is 12.2 Å². The summed E-state index contributed by atoms with van der Waals surface area (Å²) in [5, 5.41) is 0. The number of aromatic amines is 1. The lowest BCUT2D eigenvalue weighted by molar-refractivity contribution is -0.603. The van der Waals surface area contributed by atoms with E-state index in [1.165, 1.54) is 41.0 Å². The smallest absolute Gasteiger partial charge is 0.418 e. The normalized spacial score (nSPS) is 11.1. The van der Waals surface area contributed by atoms with Gasteiger partial charge in [-0.05, 0) is 38.3 Å². The average molecular weight is 330 g/mol. The van der Waals surface area contributed by atoms with E-state index < -0.39 is 7.25 Å². The summed E-state index contributed by atoms with van der Waals surface area (Å²) in [6.45, 7) is 8.77. The number of nitrogens with one attached hydrogen (secondary N) is 1. The van der Waals surface area contributed by atoms with Gasteiger partial charge in [-0.2, -0.15) is 4.57 Å². The summed E-state index contributed by atoms with van der Waals surface area (Å²) in [5.74, 6) is 1.30. The summed E-state index contributed by atoms with van der Waals surface area (Å²) in [4.78, 5) is 3.37. The predicted octanol–water partition coefficient (Wildman–Crippen LogP) is 4.86. The topological polar surface area (TPSA) is 19.7 Å². The molecular weight excluding hydrogens is 307 g/mol. The molecule has 0 aliphatic heterocycles. The molecule has 0 amide bonds. The van der Waals surface area contributed by atoms with Crippen LogP contribution in [0.3, 0.4) is 0 Å². The first-order valence-electron chi connectivity index (χ1n) is 7.67. The molecular formula is C16H23BF4N2. The van der Waals surface area contributed by atoms with Gasteiger partial charge in [0.15, 0.2) is 0 Å². The number of rotatable bonds is 4. The minimum atomic E-state index is -6.00. The molecule has 0 bridgehead atoms. The Morgan fingerprint density at radius 2 is 1.57 bits per heavy atom. The van der Waals surface area contributed by atoms with Crippen molar-refractivity contribution in [3.8, 4) is 5.69 Å². The molecule has 1 N–H and O–H groups in total. The van der Waals surface area contributed by atoms with E-state index in [9.17, 15) is 17.3 Å². The lowest BCUT2D eigenvalue weighted by Crippen LogP contribution is -2.35. The summed E-state index contributed by atoms with van der Waals surface area (Å²) >= 11 is 0. The van der Waals surface area contributed by atoms with Crippen LogP contribution in [-0.2, 0) is 6.42 Å². The molecule has 0 fully saturated rings. The van der Waals surface area contributed by atoms with Crippen molar-refractivity contribution in [1.29, 1.82) is 0 Å². The Labute approximate surface area is 134 Å². The lowest BCUT2D eigenvalue weighted by atomic mass is 10.0. The van der Waals surface area contributed by atoms with E-state index in [1.807, 2.05) is 6.20 Å². The molecule has 128 valence electrons. The highest BCUT2D eigenvalue weighted by Gasteiger charge is 2.20. The number of imidazole rings is 1. The third kappa shape index (κ3) is 6.46. The van der Waals surface area contributed by atoms with Crippen molar-refractivity contribution in [3.63, 3.8) is 0 Å². The summed E-state index contributed by atoms with van der Waals surface area (Å²) in [7, 11) is -6.00. The van der Waals surface area contributed by atoms with E-state index in [4.69, 9.17) is 0 Å². The van der Waals surface area contributed by atoms with Crippen molar-refractivity contribution in [1.82, 2.24) is 4.98 Å². The highest BCUT2D eigenvalue weighted by molar-refractivity contribution is 6.50. The summed E-state index contributed by atoms with van der Waals surface area (Å²) in [6, 6.07) is 4.51. The van der Waals surface area contributed by atoms with Gasteiger partial charge in [0.1, 0.15) is 18.1 Å². The van der Waals surface area contributed by atoms with Gasteiger partial charge in [0.2, 0.25) is 0 Å². The van der Waals surface area contributed by atoms with E-state index in [0.29, 0.717) is 0 Å². The Kier molecular flexibility index (Phi) is 6.85. The van der Waals surface area contributed by atoms with Crippen molar-refractivity contribution in [2.45, 2.75) is 47.0 Å². The molecule has 2 rings (SSSR count). The van der Waals surface area contributed by atoms with Crippen LogP contribution >= 0.6 is 0 Å². The minimum absolute atomic E-state index is 1.11. The maximum absolute atomic E-state index is 9.75. The Hall–Kier alpha value is -1.79. The van der Waals surface area contributed by atoms with Crippen molar-refractivity contribution in [2.24, 2.45) is 0 Å². The maximum Gasteiger partial charge on any atom is 0.673 e. The molecule has 0 spiro atoms. The van der Waals surface area contributed by atoms with Gasteiger partial charge in [-0.15, -0.1) is 0 Å². The average Bonchev–Trinajstić information content (AvgIpc) is 2.81. The highest BCUT2D eigenvalue weighted by Crippen LogP contribution is 2.17. The fourth-order valence-corrected chi connectivity index (χ4v) is 2.67. The molecule has 2 nitrogen and oxygen atoms in total. The number of benzene rings is 1. The van der Waals surface area contributed by atoms with Gasteiger partial charge in [0, 0.05) is 6.42 Å². The molecule has 1 aromatic carbocycles. The molecule has 1 aromatic heterocycles. The van der Waals surface area contributed by atoms with Crippen LogP contribution in [0.1, 0.15) is 42.3 Å². The molecule has 0 atom stereocenters. The van der Waals surface area contributed by atoms with Gasteiger partial charge in [-0.3, -0.25) is 0 Å². The molecule has 0 unspecified atom stereocenters. The van der Waals surface area contributed by atoms with E-state index in [1.54, 1.807) is 0 Å². The largest absolute Gasteiger partial charge is 0.673 e. The van der Waals surface area contributed by atoms with E-state index in [0.717, 1.165) is 6.42 Å². The zero-order valence-corrected chi connectivity index (χ0v) is 14.0. The van der Waals surface area contributed by atoms with Crippen molar-refractivity contribution in [3.05, 3.63) is 47.0 Å². The summed E-state index contributed by atoms with van der Waals surface area (Å²) in [5.41, 5.74) is 5.35. The molecule has 0 radical (unpaired) electrons. The Bertz CT molecular complexity index is 606. The van der Waals surface area contributed by atoms with E-state index in [2.05, 4.69) is 55.6 Å². The molecule has 0 aliphatic rings. The number of aromatic nitrogens is 2. The first-order chi connectivity index (χ1) is 10.6. The maximum atomic E-state index is 9.75. The first-order valence-corrected chi connectivity index (χ1v) is 7.67. The van der Waals surface area contributed by atoms with Crippen LogP contribution in [0.2, 0.25) is 0 Å². The zero-order valence-electron chi connectivity index (χ0n) is 14.0. The molecule has 1 heterocycles. The number of unbranched alkanes of at least 4 members (excludes halogenated alkanes) is 1. The van der Waals surface area contributed by atoms with Crippen LogP contribution in [0.25, 0.3) is 5.69 Å². The van der Waals surface area contributed by atoms with Crippen molar-refractivity contribution < 1.29 is 21.8 Å². The monoisotopic (exact) mass is 330 g/mol. The molecule has 23 heavy (non-hydrogen) atoms. The van der Waals surface area contributed by atoms with Gasteiger partial charge >= 0.3 is 7.25 Å². The number of aryl methyl sites for hydroxylation is 4. The van der Waals surface area contributed by atoms with Gasteiger partial charge in [-0.1, -0.05) is 31.0 Å². The Morgan fingerprint density at radius 1 is 1.04 bits per heavy atom. The van der Waals surface area contributed by atoms with Crippen LogP contribution in [0.5, 0.6) is 0 Å². The van der Waals surface area contributed by atoms with Crippen LogP contribution in [0.15, 0.2) is 24.5 Å². The van der Waals surface area contributed by atoms with Gasteiger partial charge in [0.25, 0.3) is 5.82 Å². The zero-order chi connectivity index (χ0) is 17.6. The van der Waals surface area contributed by atoms with Crippen LogP contribution in [0, 0.1) is 20.8 Å². The third-order valence-electron chi connectivity index (χ3n) is 3.41. The summed E-state index contributed by atoms with van der Waals surface area (Å²) in [6.07, 6.45) is 7.73. The van der Waals surface area contributed by atoms with Crippen molar-refractivity contribution in [2.75, 3.05) is 0 Å². The van der Waals surface area contributed by atoms with Crippen molar-refractivity contribution >= 4 is 7.25 Å². The highest BCUT2D eigenvalue weighted by atomic mass is 19.5. The second-order valence-electron chi connectivity index (χ2n) is 5.62.